The van der Waals surface area contributed by atoms with Gasteiger partial charge in [0.2, 0.25) is 0 Å². The lowest BCUT2D eigenvalue weighted by atomic mass is 10.1. The molecule has 0 aromatic rings. The number of esters is 1. The van der Waals surface area contributed by atoms with Crippen molar-refractivity contribution in [1.82, 2.24) is 5.32 Å². The minimum absolute atomic E-state index is 0.399. The van der Waals surface area contributed by atoms with Crippen molar-refractivity contribution in [2.24, 2.45) is 0 Å². The van der Waals surface area contributed by atoms with Crippen LogP contribution >= 0.6 is 0 Å². The van der Waals surface area contributed by atoms with E-state index in [1.54, 1.807) is 0 Å². The second-order valence-electron chi connectivity index (χ2n) is 3.61. The third-order valence-corrected chi connectivity index (χ3v) is 2.37. The molecule has 1 fully saturated rings. The number of carbonyl (C=O) groups is 2. The lowest BCUT2D eigenvalue weighted by Crippen LogP contribution is -2.28. The summed E-state index contributed by atoms with van der Waals surface area (Å²) < 4.78 is 4.36. The SMILES string of the molecule is CCCCCCCC1NC(=O)OC1=O. The number of hydrogen-bond acceptors (Lipinski definition) is 3. The zero-order valence-electron chi connectivity index (χ0n) is 8.54. The number of rotatable bonds is 6. The van der Waals surface area contributed by atoms with Crippen LogP contribution in [0.4, 0.5) is 4.79 Å². The molecule has 1 aliphatic heterocycles. The van der Waals surface area contributed by atoms with Crippen LogP contribution in [0.5, 0.6) is 0 Å². The quantitative estimate of drug-likeness (QED) is 0.404. The maximum absolute atomic E-state index is 11.0. The first-order valence-electron chi connectivity index (χ1n) is 5.26. The molecule has 1 N–H and O–H groups in total. The van der Waals surface area contributed by atoms with Crippen LogP contribution in [0.1, 0.15) is 45.4 Å². The van der Waals surface area contributed by atoms with Gasteiger partial charge in [-0.05, 0) is 6.42 Å². The molecule has 0 aromatic carbocycles. The number of alkyl carbamates (subject to hydrolysis) is 1. The lowest BCUT2D eigenvalue weighted by Gasteiger charge is -2.04. The fourth-order valence-electron chi connectivity index (χ4n) is 1.54. The van der Waals surface area contributed by atoms with E-state index in [4.69, 9.17) is 0 Å². The first-order chi connectivity index (χ1) is 6.74. The Morgan fingerprint density at radius 1 is 1.21 bits per heavy atom. The van der Waals surface area contributed by atoms with Gasteiger partial charge in [-0.1, -0.05) is 39.0 Å². The second kappa shape index (κ2) is 5.62. The molecule has 0 saturated carbocycles. The smallest absolute Gasteiger partial charge is 0.375 e. The zero-order valence-corrected chi connectivity index (χ0v) is 8.54. The molecular formula is C10H17NO3. The summed E-state index contributed by atoms with van der Waals surface area (Å²) in [7, 11) is 0. The van der Waals surface area contributed by atoms with Gasteiger partial charge in [-0.2, -0.15) is 0 Å². The summed E-state index contributed by atoms with van der Waals surface area (Å²) in [4.78, 5) is 21.6. The molecule has 14 heavy (non-hydrogen) atoms. The highest BCUT2D eigenvalue weighted by Crippen LogP contribution is 2.11. The van der Waals surface area contributed by atoms with E-state index < -0.39 is 18.1 Å². The summed E-state index contributed by atoms with van der Waals surface area (Å²) in [5.74, 6) is -0.425. The summed E-state index contributed by atoms with van der Waals surface area (Å²) in [5, 5.41) is 2.48. The van der Waals surface area contributed by atoms with Crippen molar-refractivity contribution < 1.29 is 14.3 Å². The normalized spacial score (nSPS) is 20.8. The van der Waals surface area contributed by atoms with Crippen LogP contribution in [0.25, 0.3) is 0 Å². The number of cyclic esters (lactones) is 2. The van der Waals surface area contributed by atoms with Gasteiger partial charge in [0, 0.05) is 0 Å². The van der Waals surface area contributed by atoms with E-state index in [-0.39, 0.29) is 0 Å². The van der Waals surface area contributed by atoms with Crippen molar-refractivity contribution in [3.05, 3.63) is 0 Å². The fourth-order valence-corrected chi connectivity index (χ4v) is 1.54. The van der Waals surface area contributed by atoms with Crippen molar-refractivity contribution in [3.8, 4) is 0 Å². The largest absolute Gasteiger partial charge is 0.415 e. The lowest BCUT2D eigenvalue weighted by molar-refractivity contribution is -0.135. The Morgan fingerprint density at radius 3 is 2.50 bits per heavy atom. The number of ether oxygens (including phenoxy) is 1. The highest BCUT2D eigenvalue weighted by atomic mass is 16.6. The first-order valence-corrected chi connectivity index (χ1v) is 5.26. The van der Waals surface area contributed by atoms with Crippen LogP contribution < -0.4 is 5.32 Å². The summed E-state index contributed by atoms with van der Waals surface area (Å²) >= 11 is 0. The minimum Gasteiger partial charge on any atom is -0.375 e. The van der Waals surface area contributed by atoms with E-state index in [2.05, 4.69) is 17.0 Å². The predicted molar refractivity (Wildman–Crippen MR) is 51.8 cm³/mol. The molecule has 1 aliphatic rings. The van der Waals surface area contributed by atoms with Gasteiger partial charge in [0.05, 0.1) is 0 Å². The Kier molecular flexibility index (Phi) is 4.43. The van der Waals surface area contributed by atoms with Gasteiger partial charge < -0.3 is 10.1 Å². The zero-order chi connectivity index (χ0) is 10.4. The summed E-state index contributed by atoms with van der Waals surface area (Å²) in [6.07, 6.45) is 5.84. The fraction of sp³-hybridized carbons (Fsp3) is 0.800. The molecule has 1 heterocycles. The average molecular weight is 199 g/mol. The molecule has 0 aliphatic carbocycles. The summed E-state index contributed by atoms with van der Waals surface area (Å²) in [6.45, 7) is 2.16. The molecule has 0 spiro atoms. The van der Waals surface area contributed by atoms with Crippen molar-refractivity contribution >= 4 is 12.1 Å². The standard InChI is InChI=1S/C10H17NO3/c1-2-3-4-5-6-7-8-9(12)14-10(13)11-8/h8H,2-7H2,1H3,(H,11,13). The van der Waals surface area contributed by atoms with E-state index >= 15 is 0 Å². The Hall–Kier alpha value is -1.06. The number of carbonyl (C=O) groups excluding carboxylic acids is 2. The van der Waals surface area contributed by atoms with Gasteiger partial charge in [0.25, 0.3) is 0 Å². The molecule has 1 saturated heterocycles. The second-order valence-corrected chi connectivity index (χ2v) is 3.61. The Bertz CT molecular complexity index is 215. The highest BCUT2D eigenvalue weighted by molar-refractivity contribution is 5.95. The number of unbranched alkanes of at least 4 members (excludes halogenated alkanes) is 4. The maximum atomic E-state index is 11.0. The van der Waals surface area contributed by atoms with Gasteiger partial charge in [-0.3, -0.25) is 0 Å². The molecule has 80 valence electrons. The Labute approximate surface area is 84.0 Å². The van der Waals surface area contributed by atoms with Crippen molar-refractivity contribution in [3.63, 3.8) is 0 Å². The van der Waals surface area contributed by atoms with Crippen LogP contribution in [-0.4, -0.2) is 18.1 Å². The first kappa shape index (κ1) is 11.0. The van der Waals surface area contributed by atoms with E-state index in [9.17, 15) is 9.59 Å². The van der Waals surface area contributed by atoms with Crippen molar-refractivity contribution in [1.29, 1.82) is 0 Å². The van der Waals surface area contributed by atoms with Gasteiger partial charge in [-0.15, -0.1) is 0 Å². The molecule has 0 radical (unpaired) electrons. The van der Waals surface area contributed by atoms with Crippen molar-refractivity contribution in [2.45, 2.75) is 51.5 Å². The number of hydrogen-bond donors (Lipinski definition) is 1. The van der Waals surface area contributed by atoms with Crippen LogP contribution in [0.15, 0.2) is 0 Å². The Balaban J connectivity index is 2.07. The third-order valence-electron chi connectivity index (χ3n) is 2.37. The third kappa shape index (κ3) is 3.36. The average Bonchev–Trinajstić information content (AvgIpc) is 2.45. The predicted octanol–water partition coefficient (Wildman–Crippen LogP) is 1.98. The molecule has 1 amide bonds. The van der Waals surface area contributed by atoms with Crippen LogP contribution in [0.2, 0.25) is 0 Å². The topological polar surface area (TPSA) is 55.4 Å². The van der Waals surface area contributed by atoms with Gasteiger partial charge >= 0.3 is 12.1 Å². The molecular weight excluding hydrogens is 182 g/mol. The highest BCUT2D eigenvalue weighted by Gasteiger charge is 2.31. The van der Waals surface area contributed by atoms with Crippen LogP contribution in [-0.2, 0) is 9.53 Å². The van der Waals surface area contributed by atoms with E-state index in [1.165, 1.54) is 19.3 Å². The summed E-state index contributed by atoms with van der Waals surface area (Å²) in [6, 6.07) is -0.399. The molecule has 0 aromatic heterocycles. The molecule has 1 rings (SSSR count). The van der Waals surface area contributed by atoms with E-state index in [0.29, 0.717) is 6.42 Å². The van der Waals surface area contributed by atoms with E-state index in [0.717, 1.165) is 12.8 Å². The Morgan fingerprint density at radius 2 is 1.93 bits per heavy atom. The molecule has 4 heteroatoms. The van der Waals surface area contributed by atoms with Crippen LogP contribution in [0.3, 0.4) is 0 Å². The molecule has 4 nitrogen and oxygen atoms in total. The van der Waals surface area contributed by atoms with Gasteiger partial charge in [0.1, 0.15) is 6.04 Å². The van der Waals surface area contributed by atoms with Crippen molar-refractivity contribution in [2.75, 3.05) is 0 Å². The number of nitrogens with one attached hydrogen (secondary N) is 1. The monoisotopic (exact) mass is 199 g/mol. The molecule has 1 atom stereocenters. The molecule has 1 unspecified atom stereocenters. The number of amides is 1. The van der Waals surface area contributed by atoms with Gasteiger partial charge in [0.15, 0.2) is 0 Å². The molecule has 0 bridgehead atoms. The summed E-state index contributed by atoms with van der Waals surface area (Å²) in [5.41, 5.74) is 0. The van der Waals surface area contributed by atoms with Crippen LogP contribution in [0, 0.1) is 0 Å². The minimum atomic E-state index is -0.603. The van der Waals surface area contributed by atoms with E-state index in [1.807, 2.05) is 0 Å². The van der Waals surface area contributed by atoms with Gasteiger partial charge in [-0.25, -0.2) is 9.59 Å². The maximum Gasteiger partial charge on any atom is 0.415 e.